The highest BCUT2D eigenvalue weighted by Gasteiger charge is 2.25. The zero-order valence-corrected chi connectivity index (χ0v) is 18.7. The Bertz CT molecular complexity index is 1160. The van der Waals surface area contributed by atoms with Crippen molar-refractivity contribution in [2.75, 3.05) is 14.2 Å². The molecule has 0 fully saturated rings. The summed E-state index contributed by atoms with van der Waals surface area (Å²) >= 11 is 0. The monoisotopic (exact) mass is 458 g/mol. The highest BCUT2D eigenvalue weighted by Crippen LogP contribution is 2.31. The molecule has 0 unspecified atom stereocenters. The van der Waals surface area contributed by atoms with E-state index in [9.17, 15) is 14.0 Å². The van der Waals surface area contributed by atoms with Crippen molar-refractivity contribution in [2.24, 2.45) is 5.92 Å². The molecule has 0 aliphatic heterocycles. The van der Waals surface area contributed by atoms with Gasteiger partial charge >= 0.3 is 5.97 Å². The second-order valence-electron chi connectivity index (χ2n) is 7.27. The lowest BCUT2D eigenvalue weighted by atomic mass is 10.2. The van der Waals surface area contributed by atoms with Crippen LogP contribution in [0.1, 0.15) is 43.1 Å². The highest BCUT2D eigenvalue weighted by molar-refractivity contribution is 5.96. The van der Waals surface area contributed by atoms with Gasteiger partial charge in [-0.15, -0.1) is 0 Å². The SMILES string of the molecule is COc1cc(-c2nc([C@H](C)NC(=O)c3nccc(OC)c3OC(=O)C(C)C)no2)ccc1F. The molecule has 0 aliphatic carbocycles. The summed E-state index contributed by atoms with van der Waals surface area (Å²) in [5, 5.41) is 6.56. The summed E-state index contributed by atoms with van der Waals surface area (Å²) in [5.41, 5.74) is 0.310. The molecule has 2 heterocycles. The predicted molar refractivity (Wildman–Crippen MR) is 113 cm³/mol. The molecule has 174 valence electrons. The Morgan fingerprint density at radius 3 is 2.48 bits per heavy atom. The molecule has 33 heavy (non-hydrogen) atoms. The van der Waals surface area contributed by atoms with Crippen molar-refractivity contribution < 1.29 is 32.7 Å². The number of hydrogen-bond acceptors (Lipinski definition) is 9. The maximum atomic E-state index is 13.6. The van der Waals surface area contributed by atoms with Gasteiger partial charge in [-0.3, -0.25) is 9.59 Å². The molecular formula is C22H23FN4O6. The number of benzene rings is 1. The van der Waals surface area contributed by atoms with E-state index in [2.05, 4.69) is 20.4 Å². The average Bonchev–Trinajstić information content (AvgIpc) is 3.29. The van der Waals surface area contributed by atoms with Crippen molar-refractivity contribution in [2.45, 2.75) is 26.8 Å². The summed E-state index contributed by atoms with van der Waals surface area (Å²) in [6.07, 6.45) is 1.36. The van der Waals surface area contributed by atoms with Gasteiger partial charge in [0.05, 0.1) is 26.2 Å². The molecule has 3 rings (SSSR count). The summed E-state index contributed by atoms with van der Waals surface area (Å²) in [6.45, 7) is 4.97. The molecule has 0 saturated heterocycles. The zero-order valence-electron chi connectivity index (χ0n) is 18.7. The van der Waals surface area contributed by atoms with E-state index in [1.54, 1.807) is 20.8 Å². The van der Waals surface area contributed by atoms with Gasteiger partial charge in [0.2, 0.25) is 5.75 Å². The van der Waals surface area contributed by atoms with Gasteiger partial charge < -0.3 is 24.1 Å². The number of rotatable bonds is 8. The van der Waals surface area contributed by atoms with Crippen LogP contribution in [0.5, 0.6) is 17.2 Å². The molecule has 0 radical (unpaired) electrons. The van der Waals surface area contributed by atoms with Gasteiger partial charge in [-0.25, -0.2) is 9.37 Å². The van der Waals surface area contributed by atoms with E-state index in [0.717, 1.165) is 0 Å². The van der Waals surface area contributed by atoms with Crippen LogP contribution in [0.4, 0.5) is 4.39 Å². The maximum Gasteiger partial charge on any atom is 0.313 e. The number of ether oxygens (including phenoxy) is 3. The van der Waals surface area contributed by atoms with Crippen LogP contribution in [-0.4, -0.2) is 41.2 Å². The number of carbonyl (C=O) groups excluding carboxylic acids is 2. The highest BCUT2D eigenvalue weighted by atomic mass is 19.1. The lowest BCUT2D eigenvalue weighted by molar-refractivity contribution is -0.137. The fraction of sp³-hybridized carbons (Fsp3) is 0.318. The molecule has 1 aromatic carbocycles. The Balaban J connectivity index is 1.81. The smallest absolute Gasteiger partial charge is 0.313 e. The van der Waals surface area contributed by atoms with Crippen LogP contribution >= 0.6 is 0 Å². The lowest BCUT2D eigenvalue weighted by Crippen LogP contribution is -2.29. The number of halogens is 1. The van der Waals surface area contributed by atoms with Gasteiger partial charge in [0.1, 0.15) is 0 Å². The van der Waals surface area contributed by atoms with Gasteiger partial charge in [-0.05, 0) is 25.1 Å². The standard InChI is InChI=1S/C22H23FN4O6/c1-11(2)22(29)32-18-15(30-4)8-9-24-17(18)20(28)25-12(3)19-26-21(33-27-19)13-6-7-14(23)16(10-13)31-5/h6-12H,1-5H3,(H,25,28)/t12-/m0/s1. The summed E-state index contributed by atoms with van der Waals surface area (Å²) in [5.74, 6) is -1.71. The summed E-state index contributed by atoms with van der Waals surface area (Å²) in [7, 11) is 2.73. The molecule has 11 heteroatoms. The van der Waals surface area contributed by atoms with Crippen LogP contribution in [0.15, 0.2) is 35.0 Å². The Morgan fingerprint density at radius 1 is 1.09 bits per heavy atom. The maximum absolute atomic E-state index is 13.6. The number of hydrogen-bond donors (Lipinski definition) is 1. The molecule has 1 N–H and O–H groups in total. The Kier molecular flexibility index (Phi) is 7.21. The van der Waals surface area contributed by atoms with E-state index in [1.807, 2.05) is 0 Å². The second kappa shape index (κ2) is 10.1. The molecule has 3 aromatic rings. The van der Waals surface area contributed by atoms with E-state index < -0.39 is 29.7 Å². The van der Waals surface area contributed by atoms with E-state index in [0.29, 0.717) is 5.56 Å². The molecular weight excluding hydrogens is 435 g/mol. The minimum atomic E-state index is -0.695. The first-order valence-corrected chi connectivity index (χ1v) is 9.98. The first kappa shape index (κ1) is 23.6. The van der Waals surface area contributed by atoms with Crippen molar-refractivity contribution in [1.82, 2.24) is 20.4 Å². The number of nitrogens with zero attached hydrogens (tertiary/aromatic N) is 3. The molecule has 2 aromatic heterocycles. The summed E-state index contributed by atoms with van der Waals surface area (Å²) < 4.78 is 34.4. The average molecular weight is 458 g/mol. The largest absolute Gasteiger partial charge is 0.494 e. The minimum absolute atomic E-state index is 0.0289. The Morgan fingerprint density at radius 2 is 1.82 bits per heavy atom. The number of amides is 1. The topological polar surface area (TPSA) is 126 Å². The predicted octanol–water partition coefficient (Wildman–Crippen LogP) is 3.34. The Hall–Kier alpha value is -4.02. The normalized spacial score (nSPS) is 11.7. The first-order chi connectivity index (χ1) is 15.7. The van der Waals surface area contributed by atoms with Crippen LogP contribution in [0.25, 0.3) is 11.5 Å². The molecule has 1 atom stereocenters. The van der Waals surface area contributed by atoms with Crippen LogP contribution in [0.2, 0.25) is 0 Å². The van der Waals surface area contributed by atoms with Crippen molar-refractivity contribution in [3.63, 3.8) is 0 Å². The summed E-state index contributed by atoms with van der Waals surface area (Å²) in [6, 6.07) is 4.89. The fourth-order valence-corrected chi connectivity index (χ4v) is 2.72. The van der Waals surface area contributed by atoms with Gasteiger partial charge in [-0.1, -0.05) is 19.0 Å². The van der Waals surface area contributed by atoms with E-state index in [4.69, 9.17) is 18.7 Å². The fourth-order valence-electron chi connectivity index (χ4n) is 2.72. The summed E-state index contributed by atoms with van der Waals surface area (Å²) in [4.78, 5) is 33.3. The third kappa shape index (κ3) is 5.25. The van der Waals surface area contributed by atoms with Crippen molar-refractivity contribution >= 4 is 11.9 Å². The van der Waals surface area contributed by atoms with E-state index >= 15 is 0 Å². The molecule has 10 nitrogen and oxygen atoms in total. The molecule has 0 bridgehead atoms. The van der Waals surface area contributed by atoms with Gasteiger partial charge in [0.25, 0.3) is 11.8 Å². The van der Waals surface area contributed by atoms with E-state index in [1.165, 1.54) is 44.7 Å². The number of carbonyl (C=O) groups is 2. The molecule has 0 spiro atoms. The molecule has 0 saturated carbocycles. The quantitative estimate of drug-likeness (QED) is 0.506. The first-order valence-electron chi connectivity index (χ1n) is 9.98. The number of pyridine rings is 1. The molecule has 0 aliphatic rings. The molecule has 1 amide bonds. The van der Waals surface area contributed by atoms with Gasteiger partial charge in [0, 0.05) is 17.8 Å². The van der Waals surface area contributed by atoms with Gasteiger partial charge in [0.15, 0.2) is 28.8 Å². The number of aromatic nitrogens is 3. The lowest BCUT2D eigenvalue weighted by Gasteiger charge is -2.15. The zero-order chi connectivity index (χ0) is 24.1. The van der Waals surface area contributed by atoms with Crippen LogP contribution < -0.4 is 19.5 Å². The third-order valence-electron chi connectivity index (χ3n) is 4.55. The van der Waals surface area contributed by atoms with E-state index in [-0.39, 0.29) is 34.7 Å². The Labute approximate surface area is 189 Å². The van der Waals surface area contributed by atoms with Crippen molar-refractivity contribution in [3.8, 4) is 28.7 Å². The van der Waals surface area contributed by atoms with Crippen LogP contribution in [0.3, 0.4) is 0 Å². The number of esters is 1. The van der Waals surface area contributed by atoms with Crippen molar-refractivity contribution in [1.29, 1.82) is 0 Å². The third-order valence-corrected chi connectivity index (χ3v) is 4.55. The van der Waals surface area contributed by atoms with Gasteiger partial charge in [-0.2, -0.15) is 4.98 Å². The van der Waals surface area contributed by atoms with Crippen molar-refractivity contribution in [3.05, 3.63) is 47.8 Å². The van der Waals surface area contributed by atoms with Crippen LogP contribution in [-0.2, 0) is 4.79 Å². The number of nitrogens with one attached hydrogen (secondary N) is 1. The van der Waals surface area contributed by atoms with Crippen LogP contribution in [0, 0.1) is 11.7 Å². The second-order valence-corrected chi connectivity index (χ2v) is 7.27. The number of methoxy groups -OCH3 is 2. The minimum Gasteiger partial charge on any atom is -0.494 e.